The van der Waals surface area contributed by atoms with Crippen LogP contribution in [0.4, 0.5) is 18.9 Å². The molecule has 1 saturated heterocycles. The van der Waals surface area contributed by atoms with Crippen LogP contribution in [0.1, 0.15) is 25.0 Å². The number of hydrogen-bond donors (Lipinski definition) is 3. The minimum Gasteiger partial charge on any atom is -0.399 e. The monoisotopic (exact) mass is 442 g/mol. The van der Waals surface area contributed by atoms with Gasteiger partial charge < -0.3 is 20.7 Å². The second-order valence-electron chi connectivity index (χ2n) is 7.07. The number of benzene rings is 1. The number of nitrogens with zero attached hydrogens (tertiary/aromatic N) is 4. The molecule has 0 unspecified atom stereocenters. The van der Waals surface area contributed by atoms with Crippen LogP contribution >= 0.6 is 12.2 Å². The first-order valence-corrected chi connectivity index (χ1v) is 9.11. The van der Waals surface area contributed by atoms with E-state index in [0.717, 1.165) is 22.0 Å². The van der Waals surface area contributed by atoms with Crippen molar-refractivity contribution in [1.29, 1.82) is 5.26 Å². The zero-order chi connectivity index (χ0) is 22.9. The van der Waals surface area contributed by atoms with E-state index in [2.05, 4.69) is 0 Å². The molecule has 1 amide bonds. The number of nitriles is 1. The van der Waals surface area contributed by atoms with E-state index in [0.29, 0.717) is 0 Å². The number of alkyl halides is 3. The molecular weight excluding hydrogens is 421 g/mol. The first-order valence-electron chi connectivity index (χ1n) is 8.70. The number of aliphatic hydroxyl groups is 1. The summed E-state index contributed by atoms with van der Waals surface area (Å²) in [7, 11) is 0. The molecule has 1 aliphatic rings. The number of carbonyl (C=O) groups excluding carboxylic acids is 1. The summed E-state index contributed by atoms with van der Waals surface area (Å²) in [5.41, 5.74) is 3.18. The first-order chi connectivity index (χ1) is 13.8. The molecule has 5 N–H and O–H groups in total. The smallest absolute Gasteiger partial charge is 0.399 e. The van der Waals surface area contributed by atoms with E-state index in [4.69, 9.17) is 34.2 Å². The van der Waals surface area contributed by atoms with Gasteiger partial charge >= 0.3 is 6.18 Å². The molecule has 0 bridgehead atoms. The SMILES string of the molecule is CC1(C)C(=O)N(c2ccc(C#N)c(C(F)(F)F)c2)C(=S)N1C/C(N)=C/N(N)CCO. The molecule has 1 aromatic carbocycles. The predicted molar refractivity (Wildman–Crippen MR) is 107 cm³/mol. The third kappa shape index (κ3) is 4.48. The van der Waals surface area contributed by atoms with Crippen molar-refractivity contribution in [2.45, 2.75) is 25.6 Å². The Labute approximate surface area is 176 Å². The number of hydrogen-bond acceptors (Lipinski definition) is 7. The van der Waals surface area contributed by atoms with E-state index in [9.17, 15) is 18.0 Å². The summed E-state index contributed by atoms with van der Waals surface area (Å²) in [6.45, 7) is 3.05. The highest BCUT2D eigenvalue weighted by molar-refractivity contribution is 7.80. The number of rotatable bonds is 6. The summed E-state index contributed by atoms with van der Waals surface area (Å²) in [6.07, 6.45) is -3.41. The maximum absolute atomic E-state index is 13.3. The van der Waals surface area contributed by atoms with E-state index < -0.39 is 28.7 Å². The molecule has 1 aromatic rings. The number of aliphatic hydroxyl groups excluding tert-OH is 1. The van der Waals surface area contributed by atoms with E-state index in [1.807, 2.05) is 0 Å². The number of hydrazine groups is 1. The lowest BCUT2D eigenvalue weighted by Crippen LogP contribution is -2.46. The maximum Gasteiger partial charge on any atom is 0.417 e. The molecule has 2 rings (SSSR count). The van der Waals surface area contributed by atoms with Gasteiger partial charge in [0.25, 0.3) is 5.91 Å². The summed E-state index contributed by atoms with van der Waals surface area (Å²) < 4.78 is 40.0. The van der Waals surface area contributed by atoms with Crippen LogP contribution in [0.2, 0.25) is 0 Å². The topological polar surface area (TPSA) is 123 Å². The van der Waals surface area contributed by atoms with E-state index in [-0.39, 0.29) is 36.2 Å². The van der Waals surface area contributed by atoms with Crippen LogP contribution in [0.5, 0.6) is 0 Å². The number of thiocarbonyl (C=S) groups is 1. The molecule has 0 spiro atoms. The highest BCUT2D eigenvalue weighted by Gasteiger charge is 2.50. The van der Waals surface area contributed by atoms with Gasteiger partial charge in [-0.3, -0.25) is 9.69 Å². The summed E-state index contributed by atoms with van der Waals surface area (Å²) in [6, 6.07) is 4.46. The van der Waals surface area contributed by atoms with Crippen molar-refractivity contribution >= 4 is 28.9 Å². The predicted octanol–water partition coefficient (Wildman–Crippen LogP) is 1.26. The van der Waals surface area contributed by atoms with Gasteiger partial charge in [0, 0.05) is 11.9 Å². The van der Waals surface area contributed by atoms with Crippen LogP contribution in [0, 0.1) is 11.3 Å². The number of anilines is 1. The molecule has 0 aromatic heterocycles. The number of halogens is 3. The molecule has 162 valence electrons. The van der Waals surface area contributed by atoms with Gasteiger partial charge in [0.15, 0.2) is 5.11 Å². The third-order valence-corrected chi connectivity index (χ3v) is 4.94. The Hall–Kier alpha value is -2.88. The van der Waals surface area contributed by atoms with Crippen molar-refractivity contribution in [1.82, 2.24) is 9.91 Å². The number of amides is 1. The Morgan fingerprint density at radius 1 is 1.43 bits per heavy atom. The Kier molecular flexibility index (Phi) is 6.60. The van der Waals surface area contributed by atoms with Crippen molar-refractivity contribution in [3.63, 3.8) is 0 Å². The Balaban J connectivity index is 2.42. The maximum atomic E-state index is 13.3. The van der Waals surface area contributed by atoms with E-state index in [1.165, 1.54) is 23.2 Å². The normalized spacial score (nSPS) is 16.8. The molecule has 0 radical (unpaired) electrons. The van der Waals surface area contributed by atoms with Gasteiger partial charge in [-0.1, -0.05) is 0 Å². The Bertz CT molecular complexity index is 925. The third-order valence-electron chi connectivity index (χ3n) is 4.54. The molecule has 12 heteroatoms. The van der Waals surface area contributed by atoms with Crippen LogP contribution in [0.25, 0.3) is 0 Å². The standard InChI is InChI=1S/C18H21F3N6O2S/c1-17(2)15(29)27(13-4-3-11(8-22)14(7-13)18(19,20)21)16(30)26(17)10-12(23)9-25(24)5-6-28/h3-4,7,9,28H,5-6,10,23-24H2,1-2H3/b12-9-. The van der Waals surface area contributed by atoms with Crippen molar-refractivity contribution < 1.29 is 23.1 Å². The zero-order valence-corrected chi connectivity index (χ0v) is 17.1. The van der Waals surface area contributed by atoms with Crippen LogP contribution in [0.3, 0.4) is 0 Å². The molecular formula is C18H21F3N6O2S. The summed E-state index contributed by atoms with van der Waals surface area (Å²) in [4.78, 5) is 15.5. The van der Waals surface area contributed by atoms with E-state index >= 15 is 0 Å². The first kappa shape index (κ1) is 23.4. The molecule has 0 saturated carbocycles. The average molecular weight is 442 g/mol. The molecule has 0 aliphatic carbocycles. The average Bonchev–Trinajstić information content (AvgIpc) is 2.80. The minimum atomic E-state index is -4.77. The second-order valence-corrected chi connectivity index (χ2v) is 7.44. The van der Waals surface area contributed by atoms with Gasteiger partial charge in [0.05, 0.1) is 42.6 Å². The summed E-state index contributed by atoms with van der Waals surface area (Å²) in [5.74, 6) is 5.10. The highest BCUT2D eigenvalue weighted by Crippen LogP contribution is 2.37. The van der Waals surface area contributed by atoms with Crippen LogP contribution in [-0.4, -0.2) is 51.3 Å². The zero-order valence-electron chi connectivity index (χ0n) is 16.3. The van der Waals surface area contributed by atoms with Crippen LogP contribution in [0.15, 0.2) is 30.1 Å². The Morgan fingerprint density at radius 2 is 2.07 bits per heavy atom. The van der Waals surface area contributed by atoms with Gasteiger partial charge in [0.1, 0.15) is 5.54 Å². The van der Waals surface area contributed by atoms with Crippen molar-refractivity contribution in [2.75, 3.05) is 24.6 Å². The minimum absolute atomic E-state index is 0.0182. The quantitative estimate of drug-likeness (QED) is 0.342. The van der Waals surface area contributed by atoms with Gasteiger partial charge in [-0.25, -0.2) is 5.84 Å². The van der Waals surface area contributed by atoms with Gasteiger partial charge in [-0.2, -0.15) is 18.4 Å². The molecule has 0 atom stereocenters. The largest absolute Gasteiger partial charge is 0.417 e. The van der Waals surface area contributed by atoms with Gasteiger partial charge in [0.2, 0.25) is 0 Å². The molecule has 30 heavy (non-hydrogen) atoms. The fourth-order valence-corrected chi connectivity index (χ4v) is 3.43. The fourth-order valence-electron chi connectivity index (χ4n) is 2.95. The Morgan fingerprint density at radius 3 is 2.60 bits per heavy atom. The number of nitrogens with two attached hydrogens (primary N) is 2. The molecule has 1 aliphatic heterocycles. The van der Waals surface area contributed by atoms with Crippen LogP contribution < -0.4 is 16.5 Å². The summed E-state index contributed by atoms with van der Waals surface area (Å²) in [5, 5.41) is 19.0. The van der Waals surface area contributed by atoms with Crippen LogP contribution in [-0.2, 0) is 11.0 Å². The highest BCUT2D eigenvalue weighted by atomic mass is 32.1. The lowest BCUT2D eigenvalue weighted by Gasteiger charge is -2.29. The van der Waals surface area contributed by atoms with Gasteiger partial charge in [-0.05, 0) is 44.3 Å². The van der Waals surface area contributed by atoms with Crippen molar-refractivity contribution in [3.05, 3.63) is 41.2 Å². The lowest BCUT2D eigenvalue weighted by molar-refractivity contribution is -0.137. The fraction of sp³-hybridized carbons (Fsp3) is 0.389. The summed E-state index contributed by atoms with van der Waals surface area (Å²) >= 11 is 5.37. The van der Waals surface area contributed by atoms with Crippen molar-refractivity contribution in [3.8, 4) is 6.07 Å². The molecule has 8 nitrogen and oxygen atoms in total. The van der Waals surface area contributed by atoms with Crippen molar-refractivity contribution in [2.24, 2.45) is 11.6 Å². The second kappa shape index (κ2) is 8.47. The molecule has 1 fully saturated rings. The molecule has 1 heterocycles. The van der Waals surface area contributed by atoms with Gasteiger partial charge in [-0.15, -0.1) is 0 Å². The lowest BCUT2D eigenvalue weighted by atomic mass is 10.0. The number of carbonyl (C=O) groups is 1. The van der Waals surface area contributed by atoms with E-state index in [1.54, 1.807) is 13.8 Å².